The van der Waals surface area contributed by atoms with Gasteiger partial charge in [0, 0.05) is 30.9 Å². The zero-order valence-corrected chi connectivity index (χ0v) is 20.4. The highest BCUT2D eigenvalue weighted by Gasteiger charge is 2.29. The molecule has 1 aromatic heterocycles. The van der Waals surface area contributed by atoms with Gasteiger partial charge in [0.05, 0.1) is 22.9 Å². The Morgan fingerprint density at radius 1 is 1.03 bits per heavy atom. The first kappa shape index (κ1) is 25.8. The van der Waals surface area contributed by atoms with Crippen LogP contribution in [-0.2, 0) is 17.8 Å². The number of pyridine rings is 1. The molecular weight excluding hydrogens is 472 g/mol. The molecule has 37 heavy (non-hydrogen) atoms. The van der Waals surface area contributed by atoms with E-state index in [1.807, 2.05) is 24.3 Å². The van der Waals surface area contributed by atoms with Crippen LogP contribution in [0.25, 0.3) is 11.3 Å². The SMILES string of the molecule is COCCC1(Cc2ccc(-c3cccc(OCc4ccc(C#N)cc4F)n3)c(F)c2C#N)C=CC=CC1. The first-order chi connectivity index (χ1) is 18.0. The number of halogens is 2. The van der Waals surface area contributed by atoms with E-state index in [0.717, 1.165) is 18.9 Å². The van der Waals surface area contributed by atoms with Gasteiger partial charge in [-0.3, -0.25) is 0 Å². The molecule has 1 unspecified atom stereocenters. The molecule has 0 bridgehead atoms. The van der Waals surface area contributed by atoms with Crippen molar-refractivity contribution in [1.82, 2.24) is 4.98 Å². The molecule has 0 amide bonds. The van der Waals surface area contributed by atoms with Crippen molar-refractivity contribution in [2.24, 2.45) is 5.41 Å². The molecule has 7 heteroatoms. The lowest BCUT2D eigenvalue weighted by Gasteiger charge is -2.32. The van der Waals surface area contributed by atoms with Gasteiger partial charge in [-0.1, -0.05) is 42.5 Å². The monoisotopic (exact) mass is 497 g/mol. The van der Waals surface area contributed by atoms with Crippen molar-refractivity contribution in [2.45, 2.75) is 25.9 Å². The summed E-state index contributed by atoms with van der Waals surface area (Å²) in [6.45, 7) is 0.452. The Morgan fingerprint density at radius 3 is 2.57 bits per heavy atom. The van der Waals surface area contributed by atoms with Crippen LogP contribution in [0.4, 0.5) is 8.78 Å². The molecule has 3 aromatic rings. The van der Waals surface area contributed by atoms with Gasteiger partial charge in [0.1, 0.15) is 18.5 Å². The molecular formula is C30H25F2N3O2. The van der Waals surface area contributed by atoms with Gasteiger partial charge < -0.3 is 9.47 Å². The van der Waals surface area contributed by atoms with Gasteiger partial charge in [-0.05, 0) is 54.5 Å². The smallest absolute Gasteiger partial charge is 0.214 e. The van der Waals surface area contributed by atoms with Crippen LogP contribution in [0.1, 0.15) is 35.1 Å². The molecule has 0 saturated heterocycles. The van der Waals surface area contributed by atoms with Crippen molar-refractivity contribution in [1.29, 1.82) is 10.5 Å². The fraction of sp³-hybridized carbons (Fsp3) is 0.233. The molecule has 4 rings (SSSR count). The van der Waals surface area contributed by atoms with Crippen LogP contribution in [0.5, 0.6) is 5.88 Å². The molecule has 1 atom stereocenters. The van der Waals surface area contributed by atoms with Crippen LogP contribution in [0.3, 0.4) is 0 Å². The summed E-state index contributed by atoms with van der Waals surface area (Å²) in [6.07, 6.45) is 10.2. The van der Waals surface area contributed by atoms with E-state index in [9.17, 15) is 9.65 Å². The van der Waals surface area contributed by atoms with Crippen molar-refractivity contribution in [3.8, 4) is 29.3 Å². The van der Waals surface area contributed by atoms with E-state index in [1.54, 1.807) is 37.4 Å². The number of aromatic nitrogens is 1. The maximum atomic E-state index is 15.6. The van der Waals surface area contributed by atoms with Crippen LogP contribution in [0.15, 0.2) is 72.8 Å². The third-order valence-electron chi connectivity index (χ3n) is 6.47. The maximum absolute atomic E-state index is 15.6. The zero-order chi connectivity index (χ0) is 26.3. The Morgan fingerprint density at radius 2 is 1.86 bits per heavy atom. The number of hydrogen-bond donors (Lipinski definition) is 0. The molecule has 2 aromatic carbocycles. The number of ether oxygens (including phenoxy) is 2. The van der Waals surface area contributed by atoms with Crippen molar-refractivity contribution in [3.05, 3.63) is 107 Å². The molecule has 5 nitrogen and oxygen atoms in total. The molecule has 0 N–H and O–H groups in total. The summed E-state index contributed by atoms with van der Waals surface area (Å²) in [5.74, 6) is -1.01. The average Bonchev–Trinajstić information content (AvgIpc) is 2.92. The number of hydrogen-bond acceptors (Lipinski definition) is 5. The number of benzene rings is 2. The normalized spacial score (nSPS) is 16.2. The van der Waals surface area contributed by atoms with Crippen LogP contribution in [-0.4, -0.2) is 18.7 Å². The molecule has 1 heterocycles. The van der Waals surface area contributed by atoms with Gasteiger partial charge in [-0.2, -0.15) is 10.5 Å². The van der Waals surface area contributed by atoms with Crippen LogP contribution in [0.2, 0.25) is 0 Å². The number of nitriles is 2. The molecule has 1 aliphatic rings. The van der Waals surface area contributed by atoms with E-state index in [4.69, 9.17) is 14.7 Å². The third-order valence-corrected chi connectivity index (χ3v) is 6.47. The summed E-state index contributed by atoms with van der Waals surface area (Å²) in [7, 11) is 1.65. The van der Waals surface area contributed by atoms with Crippen LogP contribution < -0.4 is 4.74 Å². The summed E-state index contributed by atoms with van der Waals surface area (Å²) in [5.41, 5.74) is 1.33. The fourth-order valence-corrected chi connectivity index (χ4v) is 4.41. The second-order valence-corrected chi connectivity index (χ2v) is 8.91. The minimum absolute atomic E-state index is 0.00924. The summed E-state index contributed by atoms with van der Waals surface area (Å²) < 4.78 is 40.7. The maximum Gasteiger partial charge on any atom is 0.214 e. The second-order valence-electron chi connectivity index (χ2n) is 8.91. The summed E-state index contributed by atoms with van der Waals surface area (Å²) in [6, 6.07) is 16.3. The van der Waals surface area contributed by atoms with E-state index < -0.39 is 11.6 Å². The number of methoxy groups -OCH3 is 1. The van der Waals surface area contributed by atoms with Crippen molar-refractivity contribution in [3.63, 3.8) is 0 Å². The summed E-state index contributed by atoms with van der Waals surface area (Å²) in [4.78, 5) is 4.37. The lowest BCUT2D eigenvalue weighted by atomic mass is 9.73. The second kappa shape index (κ2) is 11.6. The lowest BCUT2D eigenvalue weighted by molar-refractivity contribution is 0.156. The van der Waals surface area contributed by atoms with Gasteiger partial charge in [-0.15, -0.1) is 0 Å². The predicted molar refractivity (Wildman–Crippen MR) is 135 cm³/mol. The molecule has 0 radical (unpaired) electrons. The zero-order valence-electron chi connectivity index (χ0n) is 20.4. The van der Waals surface area contributed by atoms with E-state index in [-0.39, 0.29) is 40.2 Å². The number of allylic oxidation sites excluding steroid dienone is 4. The third kappa shape index (κ3) is 5.91. The first-order valence-electron chi connectivity index (χ1n) is 11.8. The number of rotatable bonds is 9. The largest absolute Gasteiger partial charge is 0.473 e. The highest BCUT2D eigenvalue weighted by Crippen LogP contribution is 2.38. The van der Waals surface area contributed by atoms with Gasteiger partial charge in [0.2, 0.25) is 5.88 Å². The van der Waals surface area contributed by atoms with Gasteiger partial charge >= 0.3 is 0 Å². The molecule has 0 fully saturated rings. The molecule has 0 aliphatic heterocycles. The Balaban J connectivity index is 1.58. The molecule has 1 aliphatic carbocycles. The Labute approximate surface area is 214 Å². The minimum atomic E-state index is -0.639. The quantitative estimate of drug-likeness (QED) is 0.340. The standard InChI is InChI=1S/C30H25F2N3O2/c1-36-15-14-30(12-3-2-4-13-30)17-22-10-11-24(29(32)25(22)19-34)27-6-5-7-28(35-27)37-20-23-9-8-21(18-33)16-26(23)31/h2-12,16H,13-15,17,20H2,1H3. The molecule has 0 spiro atoms. The average molecular weight is 498 g/mol. The summed E-state index contributed by atoms with van der Waals surface area (Å²) in [5, 5.41) is 18.7. The fourth-order valence-electron chi connectivity index (χ4n) is 4.41. The van der Waals surface area contributed by atoms with Gasteiger partial charge in [-0.25, -0.2) is 13.8 Å². The Kier molecular flexibility index (Phi) is 8.08. The van der Waals surface area contributed by atoms with E-state index in [1.165, 1.54) is 12.1 Å². The molecule has 186 valence electrons. The summed E-state index contributed by atoms with van der Waals surface area (Å²) >= 11 is 0. The Bertz CT molecular complexity index is 1440. The first-order valence-corrected chi connectivity index (χ1v) is 11.8. The molecule has 0 saturated carbocycles. The van der Waals surface area contributed by atoms with Crippen LogP contribution >= 0.6 is 0 Å². The van der Waals surface area contributed by atoms with Crippen molar-refractivity contribution >= 4 is 0 Å². The van der Waals surface area contributed by atoms with Gasteiger partial charge in [0.15, 0.2) is 5.82 Å². The van der Waals surface area contributed by atoms with Gasteiger partial charge in [0.25, 0.3) is 0 Å². The van der Waals surface area contributed by atoms with Crippen molar-refractivity contribution < 1.29 is 18.3 Å². The Hall–Kier alpha value is -4.33. The van der Waals surface area contributed by atoms with Crippen LogP contribution in [0, 0.1) is 39.7 Å². The highest BCUT2D eigenvalue weighted by molar-refractivity contribution is 5.64. The lowest BCUT2D eigenvalue weighted by Crippen LogP contribution is -2.24. The van der Waals surface area contributed by atoms with E-state index in [0.29, 0.717) is 24.3 Å². The van der Waals surface area contributed by atoms with Crippen molar-refractivity contribution in [2.75, 3.05) is 13.7 Å². The highest BCUT2D eigenvalue weighted by atomic mass is 19.1. The predicted octanol–water partition coefficient (Wildman–Crippen LogP) is 6.43. The van der Waals surface area contributed by atoms with E-state index >= 15 is 4.39 Å². The topological polar surface area (TPSA) is 78.9 Å². The van der Waals surface area contributed by atoms with E-state index in [2.05, 4.69) is 17.1 Å². The number of nitrogens with zero attached hydrogens (tertiary/aromatic N) is 3. The minimum Gasteiger partial charge on any atom is -0.473 e.